The molecule has 1 aromatic carbocycles. The van der Waals surface area contributed by atoms with E-state index in [0.29, 0.717) is 13.0 Å². The number of hydrogen-bond donors (Lipinski definition) is 2. The summed E-state index contributed by atoms with van der Waals surface area (Å²) in [6, 6.07) is 10.4. The summed E-state index contributed by atoms with van der Waals surface area (Å²) in [4.78, 5) is 16.4. The number of ether oxygens (including phenoxy) is 1. The van der Waals surface area contributed by atoms with Gasteiger partial charge in [0.15, 0.2) is 0 Å². The average Bonchev–Trinajstić information content (AvgIpc) is 3.15. The number of esters is 1. The molecular formula is C27H29FIN3O4. The second kappa shape index (κ2) is 12.4. The molecule has 3 rings (SSSR count). The van der Waals surface area contributed by atoms with Gasteiger partial charge in [0, 0.05) is 29.5 Å². The molecule has 2 aromatic heterocycles. The van der Waals surface area contributed by atoms with Crippen molar-refractivity contribution in [1.29, 1.82) is 5.26 Å². The Morgan fingerprint density at radius 1 is 1.31 bits per heavy atom. The monoisotopic (exact) mass is 605 g/mol. The molecule has 2 heterocycles. The molecule has 0 amide bonds. The summed E-state index contributed by atoms with van der Waals surface area (Å²) in [5.74, 6) is -0.877. The van der Waals surface area contributed by atoms with E-state index in [0.717, 1.165) is 37.1 Å². The van der Waals surface area contributed by atoms with Crippen molar-refractivity contribution in [3.05, 3.63) is 57.2 Å². The SMILES string of the molecule is COC(=O)CC(O)CC(O)C=Cc1c(C(C)C)nc2c(cc(I)n2CCC#N)c1-c1ccc(F)cc1. The number of aryl methyl sites for hydroxylation is 1. The highest BCUT2D eigenvalue weighted by Crippen LogP contribution is 2.38. The van der Waals surface area contributed by atoms with Gasteiger partial charge in [0.1, 0.15) is 11.5 Å². The van der Waals surface area contributed by atoms with E-state index >= 15 is 0 Å². The van der Waals surface area contributed by atoms with Crippen LogP contribution in [0.15, 0.2) is 36.4 Å². The van der Waals surface area contributed by atoms with Crippen molar-refractivity contribution in [1.82, 2.24) is 9.55 Å². The fourth-order valence-electron chi connectivity index (χ4n) is 4.09. The van der Waals surface area contributed by atoms with E-state index in [-0.39, 0.29) is 24.6 Å². The van der Waals surface area contributed by atoms with Crippen molar-refractivity contribution >= 4 is 45.7 Å². The number of pyridine rings is 1. The highest BCUT2D eigenvalue weighted by molar-refractivity contribution is 14.1. The first-order valence-electron chi connectivity index (χ1n) is 11.6. The van der Waals surface area contributed by atoms with Gasteiger partial charge in [0.05, 0.1) is 47.6 Å². The quantitative estimate of drug-likeness (QED) is 0.244. The van der Waals surface area contributed by atoms with Gasteiger partial charge in [0.2, 0.25) is 0 Å². The van der Waals surface area contributed by atoms with Crippen LogP contribution in [0.3, 0.4) is 0 Å². The highest BCUT2D eigenvalue weighted by atomic mass is 127. The van der Waals surface area contributed by atoms with Crippen molar-refractivity contribution in [2.24, 2.45) is 0 Å². The van der Waals surface area contributed by atoms with Crippen LogP contribution in [-0.4, -0.2) is 45.1 Å². The molecule has 0 spiro atoms. The summed E-state index contributed by atoms with van der Waals surface area (Å²) in [5.41, 5.74) is 3.94. The maximum absolute atomic E-state index is 13.8. The summed E-state index contributed by atoms with van der Waals surface area (Å²) in [7, 11) is 1.24. The second-order valence-electron chi connectivity index (χ2n) is 8.81. The first-order chi connectivity index (χ1) is 17.2. The molecule has 0 aliphatic rings. The van der Waals surface area contributed by atoms with Gasteiger partial charge < -0.3 is 19.5 Å². The normalized spacial score (nSPS) is 13.3. The molecule has 36 heavy (non-hydrogen) atoms. The molecule has 9 heteroatoms. The Kier molecular flexibility index (Phi) is 9.59. The summed E-state index contributed by atoms with van der Waals surface area (Å²) < 4.78 is 21.3. The van der Waals surface area contributed by atoms with E-state index < -0.39 is 18.2 Å². The zero-order valence-electron chi connectivity index (χ0n) is 20.4. The number of hydrogen-bond acceptors (Lipinski definition) is 6. The number of carbonyl (C=O) groups is 1. The number of carbonyl (C=O) groups excluding carboxylic acids is 1. The van der Waals surface area contributed by atoms with E-state index in [2.05, 4.69) is 33.4 Å². The predicted octanol–water partition coefficient (Wildman–Crippen LogP) is 5.17. The number of aromatic nitrogens is 2. The highest BCUT2D eigenvalue weighted by Gasteiger charge is 2.22. The first-order valence-corrected chi connectivity index (χ1v) is 12.7. The lowest BCUT2D eigenvalue weighted by atomic mass is 9.91. The summed E-state index contributed by atoms with van der Waals surface area (Å²) in [6.45, 7) is 4.53. The number of halogens is 2. The largest absolute Gasteiger partial charge is 0.469 e. The third-order valence-corrected chi connectivity index (χ3v) is 6.71. The van der Waals surface area contributed by atoms with E-state index in [9.17, 15) is 19.4 Å². The maximum atomic E-state index is 13.8. The molecular weight excluding hydrogens is 576 g/mol. The minimum absolute atomic E-state index is 0.0206. The smallest absolute Gasteiger partial charge is 0.308 e. The molecule has 0 saturated carbocycles. The Bertz CT molecular complexity index is 1300. The van der Waals surface area contributed by atoms with Gasteiger partial charge in [-0.15, -0.1) is 0 Å². The van der Waals surface area contributed by atoms with Crippen molar-refractivity contribution in [2.45, 2.75) is 57.8 Å². The van der Waals surface area contributed by atoms with Gasteiger partial charge in [-0.05, 0) is 52.3 Å². The number of methoxy groups -OCH3 is 1. The van der Waals surface area contributed by atoms with Crippen molar-refractivity contribution in [3.8, 4) is 17.2 Å². The van der Waals surface area contributed by atoms with Gasteiger partial charge in [-0.2, -0.15) is 5.26 Å². The summed E-state index contributed by atoms with van der Waals surface area (Å²) in [5, 5.41) is 30.6. The number of nitrogens with zero attached hydrogens (tertiary/aromatic N) is 3. The lowest BCUT2D eigenvalue weighted by molar-refractivity contribution is -0.143. The molecule has 0 bridgehead atoms. The number of benzene rings is 1. The number of aliphatic hydroxyl groups excluding tert-OH is 2. The van der Waals surface area contributed by atoms with E-state index in [1.807, 2.05) is 24.5 Å². The lowest BCUT2D eigenvalue weighted by Crippen LogP contribution is -2.20. The topological polar surface area (TPSA) is 108 Å². The fourth-order valence-corrected chi connectivity index (χ4v) is 4.88. The fraction of sp³-hybridized carbons (Fsp3) is 0.370. The van der Waals surface area contributed by atoms with Crippen LogP contribution in [0.25, 0.3) is 28.2 Å². The van der Waals surface area contributed by atoms with Crippen molar-refractivity contribution in [3.63, 3.8) is 0 Å². The molecule has 2 N–H and O–H groups in total. The van der Waals surface area contributed by atoms with E-state index in [1.165, 1.54) is 19.2 Å². The average molecular weight is 605 g/mol. The van der Waals surface area contributed by atoms with Crippen LogP contribution in [-0.2, 0) is 16.1 Å². The van der Waals surface area contributed by atoms with Gasteiger partial charge in [-0.1, -0.05) is 38.1 Å². The minimum Gasteiger partial charge on any atom is -0.469 e. The van der Waals surface area contributed by atoms with Crippen LogP contribution in [0, 0.1) is 20.8 Å². The third-order valence-electron chi connectivity index (χ3n) is 5.81. The van der Waals surface area contributed by atoms with Gasteiger partial charge in [0.25, 0.3) is 0 Å². The Morgan fingerprint density at radius 2 is 2.00 bits per heavy atom. The first kappa shape index (κ1) is 27.8. The number of nitriles is 1. The molecule has 0 aliphatic carbocycles. The van der Waals surface area contributed by atoms with Crippen LogP contribution < -0.4 is 0 Å². The Hall–Kier alpha value is -2.81. The zero-order chi connectivity index (χ0) is 26.4. The molecule has 0 radical (unpaired) electrons. The summed E-state index contributed by atoms with van der Waals surface area (Å²) >= 11 is 2.22. The van der Waals surface area contributed by atoms with Crippen LogP contribution in [0.4, 0.5) is 4.39 Å². The molecule has 0 aliphatic heterocycles. The number of aliphatic hydroxyl groups is 2. The second-order valence-corrected chi connectivity index (χ2v) is 9.91. The zero-order valence-corrected chi connectivity index (χ0v) is 22.6. The molecule has 2 unspecified atom stereocenters. The van der Waals surface area contributed by atoms with Crippen LogP contribution >= 0.6 is 22.6 Å². The van der Waals surface area contributed by atoms with Crippen LogP contribution in [0.2, 0.25) is 0 Å². The van der Waals surface area contributed by atoms with Crippen molar-refractivity contribution < 1.29 is 24.1 Å². The predicted molar refractivity (Wildman–Crippen MR) is 144 cm³/mol. The Morgan fingerprint density at radius 3 is 2.61 bits per heavy atom. The molecule has 0 fully saturated rings. The van der Waals surface area contributed by atoms with Gasteiger partial charge in [-0.3, -0.25) is 4.79 Å². The Labute approximate surface area is 223 Å². The van der Waals surface area contributed by atoms with Crippen molar-refractivity contribution in [2.75, 3.05) is 7.11 Å². The molecule has 7 nitrogen and oxygen atoms in total. The van der Waals surface area contributed by atoms with Gasteiger partial charge >= 0.3 is 5.97 Å². The lowest BCUT2D eigenvalue weighted by Gasteiger charge is -2.18. The molecule has 3 aromatic rings. The van der Waals surface area contributed by atoms with E-state index in [1.54, 1.807) is 24.3 Å². The summed E-state index contributed by atoms with van der Waals surface area (Å²) in [6.07, 6.45) is 1.38. The maximum Gasteiger partial charge on any atom is 0.308 e. The van der Waals surface area contributed by atoms with E-state index in [4.69, 9.17) is 10.2 Å². The van der Waals surface area contributed by atoms with Crippen LogP contribution in [0.5, 0.6) is 0 Å². The minimum atomic E-state index is -1.05. The number of rotatable bonds is 10. The molecule has 0 saturated heterocycles. The van der Waals surface area contributed by atoms with Crippen LogP contribution in [0.1, 0.15) is 50.3 Å². The Balaban J connectivity index is 2.16. The molecule has 2 atom stereocenters. The third kappa shape index (κ3) is 6.49. The number of fused-ring (bicyclic) bond motifs is 1. The van der Waals surface area contributed by atoms with Gasteiger partial charge in [-0.25, -0.2) is 9.37 Å². The standard InChI is InChI=1S/C27H29FIN3O4/c1-16(2)26-21(10-9-19(33)13-20(34)14-24(35)36-3)25(17-5-7-18(28)8-6-17)22-15-23(29)32(12-4-11-30)27(22)31-26/h5-10,15-16,19-20,33-34H,4,12-14H2,1-3H3. The molecule has 190 valence electrons.